The molecule has 0 aromatic heterocycles. The molecule has 3 atom stereocenters. The van der Waals surface area contributed by atoms with E-state index in [9.17, 15) is 19.4 Å². The van der Waals surface area contributed by atoms with Gasteiger partial charge >= 0.3 is 0 Å². The minimum Gasteiger partial charge on any atom is -0.395 e. The van der Waals surface area contributed by atoms with Crippen molar-refractivity contribution in [3.8, 4) is 11.8 Å². The van der Waals surface area contributed by atoms with E-state index in [2.05, 4.69) is 16.7 Å². The molecule has 2 N–H and O–H groups in total. The lowest BCUT2D eigenvalue weighted by Gasteiger charge is -2.57. The molecule has 2 aliphatic heterocycles. The second-order valence-electron chi connectivity index (χ2n) is 9.48. The number of fused-ring (bicyclic) bond motifs is 1. The lowest BCUT2D eigenvalue weighted by Crippen LogP contribution is -2.67. The molecule has 2 aromatic rings. The fourth-order valence-electron chi connectivity index (χ4n) is 4.91. The fourth-order valence-corrected chi connectivity index (χ4v) is 4.91. The van der Waals surface area contributed by atoms with E-state index in [1.54, 1.807) is 13.8 Å². The van der Waals surface area contributed by atoms with Crippen LogP contribution in [-0.4, -0.2) is 69.8 Å². The Labute approximate surface area is 194 Å². The summed E-state index contributed by atoms with van der Waals surface area (Å²) >= 11 is 0. The standard InChI is InChI=1S/C27H31FN2O3/c1-27(2,33)14-13-19-5-7-20(8-6-19)25-23-17-29(15-3-4-16-30(23)24(25)18-31)26(32)21-9-11-22(28)12-10-21/h5-12,23-25,31,33H,3-4,15-18H2,1-2H3/t23-,24+,25-/m0/s1. The zero-order valence-corrected chi connectivity index (χ0v) is 19.2. The number of amides is 1. The molecule has 0 bridgehead atoms. The highest BCUT2D eigenvalue weighted by molar-refractivity contribution is 5.94. The smallest absolute Gasteiger partial charge is 0.253 e. The first-order chi connectivity index (χ1) is 15.8. The Kier molecular flexibility index (Phi) is 6.85. The monoisotopic (exact) mass is 450 g/mol. The Morgan fingerprint density at radius 2 is 1.76 bits per heavy atom. The quantitative estimate of drug-likeness (QED) is 0.706. The maximum absolute atomic E-state index is 13.3. The van der Waals surface area contributed by atoms with Gasteiger partial charge in [-0.2, -0.15) is 0 Å². The van der Waals surface area contributed by atoms with Crippen LogP contribution >= 0.6 is 0 Å². The fraction of sp³-hybridized carbons (Fsp3) is 0.444. The van der Waals surface area contributed by atoms with Crippen molar-refractivity contribution >= 4 is 5.91 Å². The molecular formula is C27H31FN2O3. The third-order valence-electron chi connectivity index (χ3n) is 6.56. The summed E-state index contributed by atoms with van der Waals surface area (Å²) in [6.45, 7) is 5.50. The van der Waals surface area contributed by atoms with Crippen molar-refractivity contribution in [1.82, 2.24) is 9.80 Å². The van der Waals surface area contributed by atoms with E-state index in [-0.39, 0.29) is 36.3 Å². The van der Waals surface area contributed by atoms with Crippen molar-refractivity contribution in [1.29, 1.82) is 0 Å². The van der Waals surface area contributed by atoms with Crippen molar-refractivity contribution in [2.75, 3.05) is 26.2 Å². The predicted molar refractivity (Wildman–Crippen MR) is 125 cm³/mol. The average molecular weight is 451 g/mol. The summed E-state index contributed by atoms with van der Waals surface area (Å²) in [5.74, 6) is 5.48. The lowest BCUT2D eigenvalue weighted by molar-refractivity contribution is -0.0606. The van der Waals surface area contributed by atoms with Gasteiger partial charge in [0.2, 0.25) is 0 Å². The number of aliphatic hydroxyl groups excluding tert-OH is 1. The number of halogens is 1. The molecule has 5 nitrogen and oxygen atoms in total. The van der Waals surface area contributed by atoms with Gasteiger partial charge in [0.1, 0.15) is 11.4 Å². The molecule has 0 unspecified atom stereocenters. The van der Waals surface area contributed by atoms with Crippen LogP contribution in [0.5, 0.6) is 0 Å². The minimum atomic E-state index is -1.05. The molecule has 33 heavy (non-hydrogen) atoms. The molecule has 0 aliphatic carbocycles. The molecule has 6 heteroatoms. The number of aliphatic hydroxyl groups is 2. The zero-order chi connectivity index (χ0) is 23.6. The van der Waals surface area contributed by atoms with Gasteiger partial charge in [0.15, 0.2) is 0 Å². The molecular weight excluding hydrogens is 419 g/mol. The second-order valence-corrected chi connectivity index (χ2v) is 9.48. The van der Waals surface area contributed by atoms with Crippen LogP contribution in [0.2, 0.25) is 0 Å². The van der Waals surface area contributed by atoms with Crippen LogP contribution in [0, 0.1) is 17.7 Å². The normalized spacial score (nSPS) is 23.4. The molecule has 0 saturated carbocycles. The summed E-state index contributed by atoms with van der Waals surface area (Å²) in [6.07, 6.45) is 1.85. The van der Waals surface area contributed by atoms with E-state index >= 15 is 0 Å². The van der Waals surface area contributed by atoms with E-state index in [0.717, 1.165) is 30.5 Å². The van der Waals surface area contributed by atoms with Crippen molar-refractivity contribution in [3.05, 3.63) is 71.0 Å². The third-order valence-corrected chi connectivity index (χ3v) is 6.56. The van der Waals surface area contributed by atoms with Gasteiger partial charge in [-0.25, -0.2) is 4.39 Å². The summed E-state index contributed by atoms with van der Waals surface area (Å²) < 4.78 is 13.3. The van der Waals surface area contributed by atoms with Gasteiger partial charge in [-0.3, -0.25) is 9.69 Å². The number of carbonyl (C=O) groups excluding carboxylic acids is 1. The number of nitrogens with zero attached hydrogens (tertiary/aromatic N) is 2. The second kappa shape index (κ2) is 9.64. The zero-order valence-electron chi connectivity index (χ0n) is 19.2. The molecule has 1 amide bonds. The first kappa shape index (κ1) is 23.4. The molecule has 0 spiro atoms. The molecule has 4 rings (SSSR count). The molecule has 2 aromatic carbocycles. The van der Waals surface area contributed by atoms with Crippen molar-refractivity contribution < 1.29 is 19.4 Å². The van der Waals surface area contributed by atoms with Gasteiger partial charge in [0, 0.05) is 42.2 Å². The molecule has 174 valence electrons. The Hall–Kier alpha value is -2.72. The Balaban J connectivity index is 1.55. The van der Waals surface area contributed by atoms with E-state index in [1.165, 1.54) is 24.3 Å². The van der Waals surface area contributed by atoms with Crippen molar-refractivity contribution in [3.63, 3.8) is 0 Å². The van der Waals surface area contributed by atoms with E-state index < -0.39 is 5.60 Å². The molecule has 0 radical (unpaired) electrons. The minimum absolute atomic E-state index is 0.0178. The Morgan fingerprint density at radius 3 is 2.39 bits per heavy atom. The number of rotatable bonds is 3. The SMILES string of the molecule is CC(C)(O)C#Cc1ccc([C@@H]2[C@@H](CO)N3CCCCN(C(=O)c4ccc(F)cc4)C[C@@H]23)cc1. The average Bonchev–Trinajstić information content (AvgIpc) is 2.77. The van der Waals surface area contributed by atoms with Crippen LogP contribution in [0.15, 0.2) is 48.5 Å². The maximum Gasteiger partial charge on any atom is 0.253 e. The van der Waals surface area contributed by atoms with E-state index in [4.69, 9.17) is 0 Å². The topological polar surface area (TPSA) is 64.0 Å². The molecule has 2 heterocycles. The lowest BCUT2D eigenvalue weighted by atomic mass is 9.74. The van der Waals surface area contributed by atoms with Gasteiger partial charge in [0.25, 0.3) is 5.91 Å². The first-order valence-corrected chi connectivity index (χ1v) is 11.5. The first-order valence-electron chi connectivity index (χ1n) is 11.5. The van der Waals surface area contributed by atoms with Gasteiger partial charge in [-0.1, -0.05) is 24.0 Å². The van der Waals surface area contributed by atoms with Crippen LogP contribution in [0.4, 0.5) is 4.39 Å². The number of benzene rings is 2. The third kappa shape index (κ3) is 5.27. The van der Waals surface area contributed by atoms with E-state index in [1.807, 2.05) is 29.2 Å². The van der Waals surface area contributed by atoms with Crippen molar-refractivity contribution in [2.24, 2.45) is 0 Å². The molecule has 2 aliphatic rings. The Bertz CT molecular complexity index is 1030. The summed E-state index contributed by atoms with van der Waals surface area (Å²) in [4.78, 5) is 17.3. The van der Waals surface area contributed by atoms with Crippen LogP contribution in [0.1, 0.15) is 54.1 Å². The number of carbonyl (C=O) groups is 1. The summed E-state index contributed by atoms with van der Waals surface area (Å²) in [6, 6.07) is 13.8. The predicted octanol–water partition coefficient (Wildman–Crippen LogP) is 3.01. The van der Waals surface area contributed by atoms with Crippen LogP contribution in [0.3, 0.4) is 0 Å². The Morgan fingerprint density at radius 1 is 1.09 bits per heavy atom. The van der Waals surface area contributed by atoms with Gasteiger partial charge < -0.3 is 15.1 Å². The summed E-state index contributed by atoms with van der Waals surface area (Å²) in [7, 11) is 0. The number of hydrogen-bond acceptors (Lipinski definition) is 4. The van der Waals surface area contributed by atoms with Gasteiger partial charge in [0.05, 0.1) is 6.61 Å². The number of hydrogen-bond donors (Lipinski definition) is 2. The van der Waals surface area contributed by atoms with Crippen LogP contribution < -0.4 is 0 Å². The highest BCUT2D eigenvalue weighted by Gasteiger charge is 2.49. The summed E-state index contributed by atoms with van der Waals surface area (Å²) in [5.41, 5.74) is 1.38. The van der Waals surface area contributed by atoms with Crippen molar-refractivity contribution in [2.45, 2.75) is 50.3 Å². The van der Waals surface area contributed by atoms with Gasteiger partial charge in [-0.15, -0.1) is 0 Å². The maximum atomic E-state index is 13.3. The van der Waals surface area contributed by atoms with E-state index in [0.29, 0.717) is 18.7 Å². The van der Waals surface area contributed by atoms with Crippen LogP contribution in [0.25, 0.3) is 0 Å². The highest BCUT2D eigenvalue weighted by Crippen LogP contribution is 2.42. The highest BCUT2D eigenvalue weighted by atomic mass is 19.1. The van der Waals surface area contributed by atoms with Gasteiger partial charge in [-0.05, 0) is 75.2 Å². The molecule has 2 saturated heterocycles. The largest absolute Gasteiger partial charge is 0.395 e. The van der Waals surface area contributed by atoms with Crippen LogP contribution in [-0.2, 0) is 0 Å². The molecule has 2 fully saturated rings. The summed E-state index contributed by atoms with van der Waals surface area (Å²) in [5, 5.41) is 19.9.